The van der Waals surface area contributed by atoms with Crippen LogP contribution in [0.15, 0.2) is 387 Å². The number of nitrogens with zero attached hydrogens (tertiary/aromatic N) is 9. The molecule has 10 nitrogen and oxygen atoms in total. The van der Waals surface area contributed by atoms with Gasteiger partial charge in [-0.05, 0) is 130 Å². The summed E-state index contributed by atoms with van der Waals surface area (Å²) in [6, 6.07) is 135. The maximum atomic E-state index is 6.45. The molecule has 27 rings (SSSR count). The first kappa shape index (κ1) is 67.7. The number of furan rings is 1. The minimum atomic E-state index is 0.635. The number of benzene rings is 18. The van der Waals surface area contributed by atoms with Crippen LogP contribution < -0.4 is 14.7 Å². The first-order valence-electron chi connectivity index (χ1n) is 40.3. The number of para-hydroxylation sites is 8. The largest absolute Gasteiger partial charge is 0.455 e. The van der Waals surface area contributed by atoms with Crippen molar-refractivity contribution < 1.29 is 4.42 Å². The van der Waals surface area contributed by atoms with Gasteiger partial charge in [0.15, 0.2) is 0 Å². The van der Waals surface area contributed by atoms with Gasteiger partial charge in [0.2, 0.25) is 17.8 Å². The highest BCUT2D eigenvalue weighted by Gasteiger charge is 2.33. The van der Waals surface area contributed by atoms with E-state index < -0.39 is 0 Å². The summed E-state index contributed by atoms with van der Waals surface area (Å²) >= 11 is 3.67. The summed E-state index contributed by atoms with van der Waals surface area (Å²) in [5.74, 6) is 1.99. The van der Waals surface area contributed by atoms with Crippen LogP contribution in [0.25, 0.3) is 194 Å². The van der Waals surface area contributed by atoms with E-state index in [0.717, 1.165) is 123 Å². The molecule has 558 valence electrons. The van der Waals surface area contributed by atoms with E-state index in [0.29, 0.717) is 17.8 Å². The van der Waals surface area contributed by atoms with Gasteiger partial charge in [0.25, 0.3) is 0 Å². The fourth-order valence-corrected chi connectivity index (χ4v) is 21.0. The van der Waals surface area contributed by atoms with Gasteiger partial charge in [0.05, 0.1) is 67.8 Å². The fraction of sp³-hybridized carbons (Fsp3) is 0. The van der Waals surface area contributed by atoms with Crippen LogP contribution in [-0.4, -0.2) is 29.9 Å². The molecule has 24 aromatic rings. The quantitative estimate of drug-likeness (QED) is 0.160. The lowest BCUT2D eigenvalue weighted by Crippen LogP contribution is -2.18. The van der Waals surface area contributed by atoms with E-state index in [4.69, 9.17) is 34.3 Å². The van der Waals surface area contributed by atoms with Crippen molar-refractivity contribution in [3.63, 3.8) is 0 Å². The Bertz CT molecular complexity index is 8420. The second-order valence-corrected chi connectivity index (χ2v) is 32.8. The first-order chi connectivity index (χ1) is 59.5. The Morgan fingerprint density at radius 1 is 0.208 bits per heavy atom. The average Bonchev–Trinajstić information content (AvgIpc) is 1.01. The Labute approximate surface area is 695 Å². The average molecular weight is 1570 g/mol. The van der Waals surface area contributed by atoms with Crippen LogP contribution in [0.3, 0.4) is 0 Å². The number of anilines is 9. The van der Waals surface area contributed by atoms with Crippen LogP contribution in [0.1, 0.15) is 0 Å². The predicted molar refractivity (Wildman–Crippen MR) is 502 cm³/mol. The molecular formula is C108H63N9OS2. The maximum Gasteiger partial charge on any atom is 0.235 e. The van der Waals surface area contributed by atoms with Gasteiger partial charge in [-0.25, -0.2) is 29.9 Å². The summed E-state index contributed by atoms with van der Waals surface area (Å²) in [6.07, 6.45) is 0. The van der Waals surface area contributed by atoms with Crippen molar-refractivity contribution in [1.29, 1.82) is 0 Å². The number of hydrogen-bond donors (Lipinski definition) is 0. The maximum absolute atomic E-state index is 6.45. The molecule has 0 bridgehead atoms. The molecule has 3 aliphatic rings. The van der Waals surface area contributed by atoms with Gasteiger partial charge in [-0.3, -0.25) is 14.7 Å². The zero-order valence-corrected chi connectivity index (χ0v) is 65.8. The van der Waals surface area contributed by atoms with E-state index in [1.54, 1.807) is 0 Å². The summed E-state index contributed by atoms with van der Waals surface area (Å²) < 4.78 is 11.6. The third-order valence-electron chi connectivity index (χ3n) is 24.0. The molecule has 0 amide bonds. The molecule has 0 unspecified atom stereocenters. The smallest absolute Gasteiger partial charge is 0.235 e. The second-order valence-electron chi connectivity index (χ2n) is 30.6. The highest BCUT2D eigenvalue weighted by atomic mass is 32.1. The van der Waals surface area contributed by atoms with Crippen molar-refractivity contribution in [3.8, 4) is 67.2 Å². The number of hydrogen-bond acceptors (Lipinski definition) is 12. The molecule has 0 saturated heterocycles. The Morgan fingerprint density at radius 3 is 1.08 bits per heavy atom. The second kappa shape index (κ2) is 27.0. The summed E-state index contributed by atoms with van der Waals surface area (Å²) in [4.78, 5) is 38.3. The van der Waals surface area contributed by atoms with E-state index in [1.165, 1.54) is 106 Å². The van der Waals surface area contributed by atoms with Crippen molar-refractivity contribution in [2.45, 2.75) is 0 Å². The SMILES string of the molecule is c1ccc2c(c1)-c1cccc3cccc(c13)N2c1nc(-c2ccc3sc4ccccc4c3c2)c2ccccc2n1.c1ccc2c(c1)-c1cccc3cccc(c13)N2c1nc(-c2cccc3c2oc2ccccc23)c2ccccc2n1.c1ccc2c(c1)-c1cccc3cccc(c13)N2c1nc(-c2cccc3sc4ccccc4c23)c2ccccc2n1. The first-order valence-corrected chi connectivity index (χ1v) is 41.9. The van der Waals surface area contributed by atoms with Gasteiger partial charge in [0.1, 0.15) is 11.2 Å². The molecule has 9 heterocycles. The lowest BCUT2D eigenvalue weighted by Gasteiger charge is -2.32. The third-order valence-corrected chi connectivity index (χ3v) is 26.3. The number of aromatic nitrogens is 6. The van der Waals surface area contributed by atoms with E-state index in [1.807, 2.05) is 53.0 Å². The Hall–Kier alpha value is -15.6. The summed E-state index contributed by atoms with van der Waals surface area (Å²) in [6.45, 7) is 0. The standard InChI is InChI=1S/C36H21N3O.2C36H21N3S/c1-4-18-29-27(14-1)34(28-17-9-16-26-24-13-3-6-21-32(24)40-35(26)28)38-36(37-29)39-30-19-5-2-12-23(30)25-15-7-10-22-11-8-20-31(39)33(22)25;1-4-17-28-25(13-1)35(27-16-9-21-32-34(27)26-14-3-6-20-31(26)40-32)38-36(37-28)39-29-18-5-2-12-23(29)24-15-7-10-22-11-8-19-30(39)33(22)24;1-4-15-29-27(13-1)35(23-19-20-33-28(21-23)25-12-3-6-18-32(25)40-33)38-36(37-29)39-30-16-5-2-11-24(30)26-14-7-9-22-10-8-17-31(39)34(22)26/h3*1-21H. The molecule has 18 aromatic carbocycles. The lowest BCUT2D eigenvalue weighted by atomic mass is 9.91. The zero-order chi connectivity index (χ0) is 78.6. The molecule has 12 heteroatoms. The Balaban J connectivity index is 0.0000000997. The molecule has 0 spiro atoms. The molecule has 0 saturated carbocycles. The van der Waals surface area contributed by atoms with Crippen LogP contribution in [0.4, 0.5) is 52.0 Å². The van der Waals surface area contributed by atoms with Crippen molar-refractivity contribution in [2.75, 3.05) is 14.7 Å². The molecule has 0 N–H and O–H groups in total. The van der Waals surface area contributed by atoms with Crippen LogP contribution in [-0.2, 0) is 0 Å². The van der Waals surface area contributed by atoms with Crippen LogP contribution in [0, 0.1) is 0 Å². The van der Waals surface area contributed by atoms with E-state index in [9.17, 15) is 0 Å². The van der Waals surface area contributed by atoms with E-state index in [2.05, 4.69) is 367 Å². The number of fused-ring (bicyclic) bond motifs is 18. The van der Waals surface area contributed by atoms with Crippen molar-refractivity contribution >= 4 is 202 Å². The van der Waals surface area contributed by atoms with Crippen molar-refractivity contribution in [3.05, 3.63) is 382 Å². The minimum absolute atomic E-state index is 0.635. The van der Waals surface area contributed by atoms with Crippen molar-refractivity contribution in [1.82, 2.24) is 29.9 Å². The monoisotopic (exact) mass is 1570 g/mol. The van der Waals surface area contributed by atoms with Crippen LogP contribution in [0.5, 0.6) is 0 Å². The topological polar surface area (TPSA) is 100 Å². The molecule has 0 fully saturated rings. The van der Waals surface area contributed by atoms with Gasteiger partial charge in [-0.15, -0.1) is 22.7 Å². The molecule has 0 atom stereocenters. The van der Waals surface area contributed by atoms with Gasteiger partial charge >= 0.3 is 0 Å². The van der Waals surface area contributed by atoms with E-state index in [-0.39, 0.29) is 0 Å². The van der Waals surface area contributed by atoms with Gasteiger partial charge in [-0.1, -0.05) is 285 Å². The van der Waals surface area contributed by atoms with Gasteiger partial charge in [-0.2, -0.15) is 0 Å². The van der Waals surface area contributed by atoms with E-state index >= 15 is 0 Å². The molecule has 0 aliphatic carbocycles. The molecular weight excluding hydrogens is 1500 g/mol. The van der Waals surface area contributed by atoms with Gasteiger partial charge < -0.3 is 4.42 Å². The highest BCUT2D eigenvalue weighted by molar-refractivity contribution is 7.26. The Kier molecular flexibility index (Phi) is 15.2. The summed E-state index contributed by atoms with van der Waals surface area (Å²) in [7, 11) is 0. The van der Waals surface area contributed by atoms with Crippen LogP contribution in [0.2, 0.25) is 0 Å². The fourth-order valence-electron chi connectivity index (χ4n) is 18.8. The van der Waals surface area contributed by atoms with Crippen molar-refractivity contribution in [2.24, 2.45) is 0 Å². The normalized spacial score (nSPS) is 12.4. The third kappa shape index (κ3) is 10.5. The molecule has 3 aliphatic heterocycles. The summed E-state index contributed by atoms with van der Waals surface area (Å²) in [5.41, 5.74) is 24.2. The molecule has 6 aromatic heterocycles. The Morgan fingerprint density at radius 2 is 0.550 bits per heavy atom. The highest BCUT2D eigenvalue weighted by Crippen LogP contribution is 2.56. The predicted octanol–water partition coefficient (Wildman–Crippen LogP) is 30.3. The van der Waals surface area contributed by atoms with Crippen LogP contribution >= 0.6 is 22.7 Å². The molecule has 120 heavy (non-hydrogen) atoms. The van der Waals surface area contributed by atoms with Gasteiger partial charge in [0, 0.05) is 117 Å². The lowest BCUT2D eigenvalue weighted by molar-refractivity contribution is 0.670. The zero-order valence-electron chi connectivity index (χ0n) is 64.1. The summed E-state index contributed by atoms with van der Waals surface area (Å²) in [5, 5.41) is 17.6. The number of rotatable bonds is 6. The number of thiophene rings is 2. The molecule has 0 radical (unpaired) electrons. The minimum Gasteiger partial charge on any atom is -0.455 e.